The average molecular weight is 335 g/mol. The lowest BCUT2D eigenvalue weighted by Crippen LogP contribution is -2.22. The molecule has 4 nitrogen and oxygen atoms in total. The Balaban J connectivity index is 3.77. The highest BCUT2D eigenvalue weighted by atomic mass is 16.2. The molecule has 4 heteroatoms. The number of amides is 2. The Morgan fingerprint density at radius 1 is 0.917 bits per heavy atom. The van der Waals surface area contributed by atoms with E-state index in [4.69, 9.17) is 0 Å². The van der Waals surface area contributed by atoms with Gasteiger partial charge in [-0.3, -0.25) is 9.59 Å². The van der Waals surface area contributed by atoms with E-state index in [0.29, 0.717) is 31.8 Å². The van der Waals surface area contributed by atoms with Crippen molar-refractivity contribution in [3.63, 3.8) is 0 Å². The van der Waals surface area contributed by atoms with Crippen molar-refractivity contribution in [3.8, 4) is 0 Å². The van der Waals surface area contributed by atoms with Crippen molar-refractivity contribution in [2.45, 2.75) is 58.8 Å². The minimum atomic E-state index is 0.110. The smallest absolute Gasteiger partial charge is 0.220 e. The number of carbonyl (C=O) groups is 2. The van der Waals surface area contributed by atoms with Crippen LogP contribution < -0.4 is 10.6 Å². The molecule has 0 aliphatic carbocycles. The van der Waals surface area contributed by atoms with Crippen LogP contribution in [0.25, 0.3) is 0 Å². The molecule has 0 spiro atoms. The van der Waals surface area contributed by atoms with E-state index in [1.54, 1.807) is 0 Å². The van der Waals surface area contributed by atoms with Gasteiger partial charge in [0, 0.05) is 25.9 Å². The summed E-state index contributed by atoms with van der Waals surface area (Å²) in [5, 5.41) is 5.72. The Kier molecular flexibility index (Phi) is 14.8. The maximum Gasteiger partial charge on any atom is 0.220 e. The van der Waals surface area contributed by atoms with E-state index < -0.39 is 0 Å². The van der Waals surface area contributed by atoms with Gasteiger partial charge in [-0.2, -0.15) is 0 Å². The van der Waals surface area contributed by atoms with E-state index in [-0.39, 0.29) is 11.8 Å². The largest absolute Gasteiger partial charge is 0.353 e. The Bertz CT molecular complexity index is 414. The summed E-state index contributed by atoms with van der Waals surface area (Å²) in [7, 11) is 0. The fourth-order valence-electron chi connectivity index (χ4n) is 2.17. The molecular weight excluding hydrogens is 300 g/mol. The molecule has 2 amide bonds. The van der Waals surface area contributed by atoms with Crippen LogP contribution in [0.1, 0.15) is 58.8 Å². The molecule has 1 atom stereocenters. The Hall–Kier alpha value is -1.84. The molecule has 0 fully saturated rings. The second kappa shape index (κ2) is 16.0. The molecule has 2 N–H and O–H groups in total. The third kappa shape index (κ3) is 13.8. The molecule has 24 heavy (non-hydrogen) atoms. The SMILES string of the molecule is C=CC(C/C=C/CNC(=O)CCC)CC/C=C/CNC(=O)CCC. The third-order valence-corrected chi connectivity index (χ3v) is 3.60. The van der Waals surface area contributed by atoms with Gasteiger partial charge in [-0.05, 0) is 38.0 Å². The molecular formula is C20H34N2O2. The standard InChI is InChI=1S/C20H34N2O2/c1-4-12-19(23)21-16-10-7-8-14-18(6-3)15-9-11-17-22-20(24)13-5-2/h6-7,9-11,18H,3-5,8,12-17H2,1-2H3,(H,21,23)(H,22,24)/b10-7+,11-9+. The van der Waals surface area contributed by atoms with E-state index in [0.717, 1.165) is 32.1 Å². The average Bonchev–Trinajstić information content (AvgIpc) is 2.56. The van der Waals surface area contributed by atoms with Crippen LogP contribution in [0.15, 0.2) is 37.0 Å². The van der Waals surface area contributed by atoms with Gasteiger partial charge in [-0.25, -0.2) is 0 Å². The normalized spacial score (nSPS) is 12.4. The highest BCUT2D eigenvalue weighted by Crippen LogP contribution is 2.13. The first-order valence-corrected chi connectivity index (χ1v) is 9.09. The summed E-state index contributed by atoms with van der Waals surface area (Å²) >= 11 is 0. The van der Waals surface area contributed by atoms with Crippen LogP contribution >= 0.6 is 0 Å². The van der Waals surface area contributed by atoms with Crippen molar-refractivity contribution in [2.24, 2.45) is 5.92 Å². The van der Waals surface area contributed by atoms with Gasteiger partial charge in [0.1, 0.15) is 0 Å². The van der Waals surface area contributed by atoms with Gasteiger partial charge in [0.25, 0.3) is 0 Å². The molecule has 0 aromatic rings. The van der Waals surface area contributed by atoms with Crippen molar-refractivity contribution in [3.05, 3.63) is 37.0 Å². The molecule has 0 rings (SSSR count). The van der Waals surface area contributed by atoms with Crippen molar-refractivity contribution >= 4 is 11.8 Å². The Morgan fingerprint density at radius 3 is 1.96 bits per heavy atom. The van der Waals surface area contributed by atoms with Crippen molar-refractivity contribution in [1.29, 1.82) is 0 Å². The van der Waals surface area contributed by atoms with E-state index in [2.05, 4.69) is 29.4 Å². The maximum atomic E-state index is 11.3. The zero-order chi connectivity index (χ0) is 18.0. The molecule has 136 valence electrons. The van der Waals surface area contributed by atoms with Gasteiger partial charge in [0.15, 0.2) is 0 Å². The number of hydrogen-bond donors (Lipinski definition) is 2. The van der Waals surface area contributed by atoms with E-state index >= 15 is 0 Å². The second-order valence-corrected chi connectivity index (χ2v) is 5.86. The topological polar surface area (TPSA) is 58.2 Å². The summed E-state index contributed by atoms with van der Waals surface area (Å²) in [4.78, 5) is 22.6. The van der Waals surface area contributed by atoms with Gasteiger partial charge in [-0.15, -0.1) is 6.58 Å². The van der Waals surface area contributed by atoms with Gasteiger partial charge >= 0.3 is 0 Å². The van der Waals surface area contributed by atoms with Crippen molar-refractivity contribution in [1.82, 2.24) is 10.6 Å². The lowest BCUT2D eigenvalue weighted by atomic mass is 9.99. The Labute approximate surface area is 147 Å². The van der Waals surface area contributed by atoms with Crippen LogP contribution in [0, 0.1) is 5.92 Å². The summed E-state index contributed by atoms with van der Waals surface area (Å²) in [5.74, 6) is 0.660. The molecule has 0 heterocycles. The lowest BCUT2D eigenvalue weighted by Gasteiger charge is -2.08. The fraction of sp³-hybridized carbons (Fsp3) is 0.600. The van der Waals surface area contributed by atoms with Crippen LogP contribution in [0.3, 0.4) is 0 Å². The van der Waals surface area contributed by atoms with Crippen LogP contribution in [-0.4, -0.2) is 24.9 Å². The number of hydrogen-bond acceptors (Lipinski definition) is 2. The first kappa shape index (κ1) is 22.2. The molecule has 0 saturated carbocycles. The quantitative estimate of drug-likeness (QED) is 0.473. The second-order valence-electron chi connectivity index (χ2n) is 5.86. The molecule has 0 saturated heterocycles. The molecule has 0 aromatic carbocycles. The van der Waals surface area contributed by atoms with E-state index in [9.17, 15) is 9.59 Å². The van der Waals surface area contributed by atoms with Crippen molar-refractivity contribution in [2.75, 3.05) is 13.1 Å². The minimum absolute atomic E-state index is 0.110. The zero-order valence-corrected chi connectivity index (χ0v) is 15.4. The lowest BCUT2D eigenvalue weighted by molar-refractivity contribution is -0.121. The molecule has 0 bridgehead atoms. The predicted molar refractivity (Wildman–Crippen MR) is 102 cm³/mol. The molecule has 0 aliphatic heterocycles. The first-order valence-electron chi connectivity index (χ1n) is 9.09. The summed E-state index contributed by atoms with van der Waals surface area (Å²) in [6.07, 6.45) is 16.1. The number of carbonyl (C=O) groups excluding carboxylic acids is 2. The zero-order valence-electron chi connectivity index (χ0n) is 15.4. The summed E-state index contributed by atoms with van der Waals surface area (Å²) < 4.78 is 0. The minimum Gasteiger partial charge on any atom is -0.353 e. The highest BCUT2D eigenvalue weighted by Gasteiger charge is 2.00. The third-order valence-electron chi connectivity index (χ3n) is 3.60. The first-order chi connectivity index (χ1) is 11.6. The van der Waals surface area contributed by atoms with Crippen molar-refractivity contribution < 1.29 is 9.59 Å². The number of rotatable bonds is 14. The van der Waals surface area contributed by atoms with E-state index in [1.807, 2.05) is 32.1 Å². The highest BCUT2D eigenvalue weighted by molar-refractivity contribution is 5.76. The Morgan fingerprint density at radius 2 is 1.46 bits per heavy atom. The van der Waals surface area contributed by atoms with Crippen LogP contribution in [0.5, 0.6) is 0 Å². The maximum absolute atomic E-state index is 11.3. The molecule has 0 aromatic heterocycles. The van der Waals surface area contributed by atoms with Crippen LogP contribution in [0.4, 0.5) is 0 Å². The van der Waals surface area contributed by atoms with Gasteiger partial charge < -0.3 is 10.6 Å². The van der Waals surface area contributed by atoms with Gasteiger partial charge in [0.05, 0.1) is 0 Å². The molecule has 0 aliphatic rings. The summed E-state index contributed by atoms with van der Waals surface area (Å²) in [6.45, 7) is 9.09. The van der Waals surface area contributed by atoms with E-state index in [1.165, 1.54) is 0 Å². The fourth-order valence-corrected chi connectivity index (χ4v) is 2.17. The molecule has 1 unspecified atom stereocenters. The molecule has 0 radical (unpaired) electrons. The summed E-state index contributed by atoms with van der Waals surface area (Å²) in [5.41, 5.74) is 0. The summed E-state index contributed by atoms with van der Waals surface area (Å²) in [6, 6.07) is 0. The van der Waals surface area contributed by atoms with Crippen LogP contribution in [0.2, 0.25) is 0 Å². The van der Waals surface area contributed by atoms with Gasteiger partial charge in [0.2, 0.25) is 11.8 Å². The monoisotopic (exact) mass is 334 g/mol. The number of nitrogens with one attached hydrogen (secondary N) is 2. The van der Waals surface area contributed by atoms with Crippen LogP contribution in [-0.2, 0) is 9.59 Å². The van der Waals surface area contributed by atoms with Gasteiger partial charge in [-0.1, -0.05) is 44.2 Å². The predicted octanol–water partition coefficient (Wildman–Crippen LogP) is 3.90. The number of allylic oxidation sites excluding steroid dienone is 3.